The zero-order chi connectivity index (χ0) is 11.0. The van der Waals surface area contributed by atoms with Crippen molar-refractivity contribution in [2.24, 2.45) is 5.73 Å². The molecule has 0 spiro atoms. The molecule has 3 heteroatoms. The van der Waals surface area contributed by atoms with Gasteiger partial charge in [0.15, 0.2) is 0 Å². The van der Waals surface area contributed by atoms with Gasteiger partial charge in [-0.2, -0.15) is 0 Å². The molecule has 2 N–H and O–H groups in total. The second kappa shape index (κ2) is 3.66. The van der Waals surface area contributed by atoms with E-state index in [1.165, 1.54) is 0 Å². The number of carbonyl (C=O) groups is 1. The maximum atomic E-state index is 11.9. The van der Waals surface area contributed by atoms with Crippen molar-refractivity contribution in [2.75, 3.05) is 11.9 Å². The van der Waals surface area contributed by atoms with Crippen LogP contribution in [0.25, 0.3) is 0 Å². The summed E-state index contributed by atoms with van der Waals surface area (Å²) in [7, 11) is 1.83. The van der Waals surface area contributed by atoms with E-state index in [1.807, 2.05) is 26.1 Å². The second-order valence-corrected chi connectivity index (χ2v) is 3.96. The van der Waals surface area contributed by atoms with Crippen LogP contribution in [0, 0.1) is 0 Å². The SMILES string of the molecule is CCC1C(=O)N(C)c2ccc(CN)cc21. The molecule has 1 aromatic rings. The Morgan fingerprint density at radius 2 is 2.20 bits per heavy atom. The predicted molar refractivity (Wildman–Crippen MR) is 60.8 cm³/mol. The van der Waals surface area contributed by atoms with Crippen LogP contribution in [0.3, 0.4) is 0 Å². The molecule has 0 radical (unpaired) electrons. The number of fused-ring (bicyclic) bond motifs is 1. The molecule has 0 saturated carbocycles. The van der Waals surface area contributed by atoms with Crippen molar-refractivity contribution in [3.63, 3.8) is 0 Å². The summed E-state index contributed by atoms with van der Waals surface area (Å²) in [4.78, 5) is 13.6. The summed E-state index contributed by atoms with van der Waals surface area (Å²) in [5, 5.41) is 0. The third-order valence-corrected chi connectivity index (χ3v) is 3.10. The van der Waals surface area contributed by atoms with Crippen LogP contribution in [-0.4, -0.2) is 13.0 Å². The fraction of sp³-hybridized carbons (Fsp3) is 0.417. The summed E-state index contributed by atoms with van der Waals surface area (Å²) < 4.78 is 0. The Bertz CT molecular complexity index is 401. The van der Waals surface area contributed by atoms with Gasteiger partial charge >= 0.3 is 0 Å². The lowest BCUT2D eigenvalue weighted by Gasteiger charge is -2.09. The predicted octanol–water partition coefficient (Wildman–Crippen LogP) is 1.62. The maximum Gasteiger partial charge on any atom is 0.234 e. The molecule has 3 nitrogen and oxygen atoms in total. The van der Waals surface area contributed by atoms with E-state index in [1.54, 1.807) is 4.90 Å². The van der Waals surface area contributed by atoms with Crippen molar-refractivity contribution < 1.29 is 4.79 Å². The highest BCUT2D eigenvalue weighted by atomic mass is 16.2. The third kappa shape index (κ3) is 1.43. The average molecular weight is 204 g/mol. The van der Waals surface area contributed by atoms with Crippen molar-refractivity contribution in [3.8, 4) is 0 Å². The minimum atomic E-state index is 0.0245. The van der Waals surface area contributed by atoms with Crippen molar-refractivity contribution >= 4 is 11.6 Å². The van der Waals surface area contributed by atoms with E-state index in [-0.39, 0.29) is 11.8 Å². The van der Waals surface area contributed by atoms with Crippen LogP contribution < -0.4 is 10.6 Å². The number of benzene rings is 1. The van der Waals surface area contributed by atoms with Gasteiger partial charge in [-0.15, -0.1) is 0 Å². The first-order valence-electron chi connectivity index (χ1n) is 5.29. The molecule has 15 heavy (non-hydrogen) atoms. The summed E-state index contributed by atoms with van der Waals surface area (Å²) in [6.45, 7) is 2.57. The average Bonchev–Trinajstić information content (AvgIpc) is 2.51. The lowest BCUT2D eigenvalue weighted by molar-refractivity contribution is -0.119. The van der Waals surface area contributed by atoms with Crippen LogP contribution in [0.1, 0.15) is 30.4 Å². The molecule has 1 aliphatic heterocycles. The van der Waals surface area contributed by atoms with Gasteiger partial charge in [0, 0.05) is 19.3 Å². The zero-order valence-corrected chi connectivity index (χ0v) is 9.16. The number of rotatable bonds is 2. The topological polar surface area (TPSA) is 46.3 Å². The highest BCUT2D eigenvalue weighted by Crippen LogP contribution is 2.38. The molecular weight excluding hydrogens is 188 g/mol. The molecule has 1 atom stereocenters. The van der Waals surface area contributed by atoms with E-state index >= 15 is 0 Å². The van der Waals surface area contributed by atoms with Crippen molar-refractivity contribution in [2.45, 2.75) is 25.8 Å². The van der Waals surface area contributed by atoms with Gasteiger partial charge in [0.25, 0.3) is 0 Å². The minimum absolute atomic E-state index is 0.0245. The van der Waals surface area contributed by atoms with Crippen LogP contribution in [0.4, 0.5) is 5.69 Å². The van der Waals surface area contributed by atoms with Crippen LogP contribution >= 0.6 is 0 Å². The van der Waals surface area contributed by atoms with Crippen LogP contribution in [0.15, 0.2) is 18.2 Å². The first-order valence-corrected chi connectivity index (χ1v) is 5.29. The second-order valence-electron chi connectivity index (χ2n) is 3.96. The lowest BCUT2D eigenvalue weighted by atomic mass is 9.96. The van der Waals surface area contributed by atoms with E-state index in [9.17, 15) is 4.79 Å². The molecule has 0 fully saturated rings. The van der Waals surface area contributed by atoms with Gasteiger partial charge < -0.3 is 10.6 Å². The van der Waals surface area contributed by atoms with Gasteiger partial charge in [-0.25, -0.2) is 0 Å². The van der Waals surface area contributed by atoms with Gasteiger partial charge in [-0.1, -0.05) is 19.1 Å². The Morgan fingerprint density at radius 1 is 1.47 bits per heavy atom. The molecule has 1 heterocycles. The van der Waals surface area contributed by atoms with E-state index in [0.29, 0.717) is 6.54 Å². The summed E-state index contributed by atoms with van der Waals surface area (Å²) in [6.07, 6.45) is 0.851. The van der Waals surface area contributed by atoms with Gasteiger partial charge in [-0.3, -0.25) is 4.79 Å². The van der Waals surface area contributed by atoms with Gasteiger partial charge in [0.05, 0.1) is 5.92 Å². The minimum Gasteiger partial charge on any atom is -0.326 e. The zero-order valence-electron chi connectivity index (χ0n) is 9.16. The molecular formula is C12H16N2O. The Hall–Kier alpha value is -1.35. The first-order chi connectivity index (χ1) is 7.19. The first kappa shape index (κ1) is 10.2. The highest BCUT2D eigenvalue weighted by molar-refractivity contribution is 6.04. The number of hydrogen-bond donors (Lipinski definition) is 1. The number of carbonyl (C=O) groups excluding carboxylic acids is 1. The molecule has 1 aromatic carbocycles. The molecule has 0 bridgehead atoms. The van der Waals surface area contributed by atoms with Crippen molar-refractivity contribution in [1.82, 2.24) is 0 Å². The van der Waals surface area contributed by atoms with Gasteiger partial charge in [-0.05, 0) is 23.6 Å². The smallest absolute Gasteiger partial charge is 0.234 e. The van der Waals surface area contributed by atoms with Crippen molar-refractivity contribution in [3.05, 3.63) is 29.3 Å². The van der Waals surface area contributed by atoms with E-state index < -0.39 is 0 Å². The molecule has 1 unspecified atom stereocenters. The molecule has 80 valence electrons. The molecule has 2 rings (SSSR count). The molecule has 1 amide bonds. The van der Waals surface area contributed by atoms with E-state index in [0.717, 1.165) is 23.2 Å². The standard InChI is InChI=1S/C12H16N2O/c1-3-9-10-6-8(7-13)4-5-11(10)14(2)12(9)15/h4-6,9H,3,7,13H2,1-2H3. The summed E-state index contributed by atoms with van der Waals surface area (Å²) >= 11 is 0. The number of likely N-dealkylation sites (N-methyl/N-ethyl adjacent to an activating group) is 1. The van der Waals surface area contributed by atoms with Crippen LogP contribution in [0.2, 0.25) is 0 Å². The summed E-state index contributed by atoms with van der Waals surface area (Å²) in [5.74, 6) is 0.221. The normalized spacial score (nSPS) is 19.5. The molecule has 0 saturated heterocycles. The molecule has 0 aromatic heterocycles. The summed E-state index contributed by atoms with van der Waals surface area (Å²) in [5.41, 5.74) is 8.86. The quantitative estimate of drug-likeness (QED) is 0.795. The van der Waals surface area contributed by atoms with Crippen LogP contribution in [0.5, 0.6) is 0 Å². The Morgan fingerprint density at radius 3 is 2.80 bits per heavy atom. The fourth-order valence-electron chi connectivity index (χ4n) is 2.20. The molecule has 0 aliphatic carbocycles. The summed E-state index contributed by atoms with van der Waals surface area (Å²) in [6, 6.07) is 6.04. The van der Waals surface area contributed by atoms with Crippen molar-refractivity contribution in [1.29, 1.82) is 0 Å². The maximum absolute atomic E-state index is 11.9. The number of amides is 1. The van der Waals surface area contributed by atoms with Gasteiger partial charge in [0.2, 0.25) is 5.91 Å². The van der Waals surface area contributed by atoms with Crippen LogP contribution in [-0.2, 0) is 11.3 Å². The number of hydrogen-bond acceptors (Lipinski definition) is 2. The van der Waals surface area contributed by atoms with E-state index in [2.05, 4.69) is 6.07 Å². The number of nitrogens with two attached hydrogens (primary N) is 1. The Labute approximate surface area is 89.9 Å². The lowest BCUT2D eigenvalue weighted by Crippen LogP contribution is -2.23. The Balaban J connectivity index is 2.51. The number of nitrogens with zero attached hydrogens (tertiary/aromatic N) is 1. The highest BCUT2D eigenvalue weighted by Gasteiger charge is 2.33. The molecule has 1 aliphatic rings. The largest absolute Gasteiger partial charge is 0.326 e. The third-order valence-electron chi connectivity index (χ3n) is 3.10. The monoisotopic (exact) mass is 204 g/mol. The van der Waals surface area contributed by atoms with Gasteiger partial charge in [0.1, 0.15) is 0 Å². The van der Waals surface area contributed by atoms with E-state index in [4.69, 9.17) is 5.73 Å². The number of anilines is 1. The fourth-order valence-corrected chi connectivity index (χ4v) is 2.20. The Kier molecular flexibility index (Phi) is 2.49.